The van der Waals surface area contributed by atoms with E-state index in [2.05, 4.69) is 37.6 Å². The Hall–Kier alpha value is -1.43. The maximum atomic E-state index is 4.35. The first kappa shape index (κ1) is 14.6. The molecule has 0 aromatic carbocycles. The van der Waals surface area contributed by atoms with E-state index in [1.165, 1.54) is 12.8 Å². The van der Waals surface area contributed by atoms with E-state index in [1.807, 2.05) is 14.1 Å². The third-order valence-corrected chi connectivity index (χ3v) is 2.49. The smallest absolute Gasteiger partial charge is 0.244 e. The zero-order chi connectivity index (χ0) is 13.2. The van der Waals surface area contributed by atoms with Crippen LogP contribution in [0.3, 0.4) is 0 Å². The van der Waals surface area contributed by atoms with Crippen LogP contribution in [0.2, 0.25) is 0 Å². The van der Waals surface area contributed by atoms with Crippen molar-refractivity contribution in [3.63, 3.8) is 0 Å². The number of rotatable bonds is 9. The van der Waals surface area contributed by atoms with Gasteiger partial charge < -0.3 is 15.5 Å². The van der Waals surface area contributed by atoms with Crippen molar-refractivity contribution < 1.29 is 0 Å². The predicted octanol–water partition coefficient (Wildman–Crippen LogP) is 1.45. The van der Waals surface area contributed by atoms with Crippen LogP contribution in [-0.2, 0) is 0 Å². The molecule has 1 aromatic rings. The van der Waals surface area contributed by atoms with E-state index in [0.717, 1.165) is 31.9 Å². The van der Waals surface area contributed by atoms with Crippen LogP contribution in [-0.4, -0.2) is 53.8 Å². The van der Waals surface area contributed by atoms with Gasteiger partial charge in [-0.15, -0.1) is 5.10 Å². The van der Waals surface area contributed by atoms with Crippen molar-refractivity contribution in [2.45, 2.75) is 26.2 Å². The third-order valence-electron chi connectivity index (χ3n) is 2.49. The van der Waals surface area contributed by atoms with E-state index in [4.69, 9.17) is 0 Å². The molecule has 102 valence electrons. The summed E-state index contributed by atoms with van der Waals surface area (Å²) in [6.45, 7) is 4.88. The van der Waals surface area contributed by atoms with Gasteiger partial charge in [-0.25, -0.2) is 0 Å². The number of unbranched alkanes of at least 4 members (excludes halogenated alkanes) is 2. The van der Waals surface area contributed by atoms with Crippen molar-refractivity contribution in [2.75, 3.05) is 44.4 Å². The van der Waals surface area contributed by atoms with Crippen molar-refractivity contribution in [1.29, 1.82) is 0 Å². The highest BCUT2D eigenvalue weighted by molar-refractivity contribution is 5.36. The molecular formula is C12H24N6. The van der Waals surface area contributed by atoms with Gasteiger partial charge in [0.25, 0.3) is 0 Å². The molecule has 2 N–H and O–H groups in total. The summed E-state index contributed by atoms with van der Waals surface area (Å²) >= 11 is 0. The van der Waals surface area contributed by atoms with Gasteiger partial charge in [-0.3, -0.25) is 0 Å². The second kappa shape index (κ2) is 8.63. The summed E-state index contributed by atoms with van der Waals surface area (Å²) < 4.78 is 0. The standard InChI is InChI=1S/C12H24N6/c1-4-5-6-7-13-11-10-15-17-12(16-11)14-8-9-18(2)3/h10H,4-9H2,1-3H3,(H2,13,14,16,17). The maximum absolute atomic E-state index is 4.35. The first-order valence-electron chi connectivity index (χ1n) is 6.54. The van der Waals surface area contributed by atoms with Gasteiger partial charge >= 0.3 is 0 Å². The lowest BCUT2D eigenvalue weighted by atomic mass is 10.2. The summed E-state index contributed by atoms with van der Waals surface area (Å²) in [6.07, 6.45) is 5.27. The van der Waals surface area contributed by atoms with E-state index in [9.17, 15) is 0 Å². The van der Waals surface area contributed by atoms with Crippen LogP contribution >= 0.6 is 0 Å². The molecule has 0 aliphatic carbocycles. The molecule has 0 radical (unpaired) electrons. The molecule has 6 nitrogen and oxygen atoms in total. The fourth-order valence-corrected chi connectivity index (χ4v) is 1.45. The van der Waals surface area contributed by atoms with Gasteiger partial charge in [0.2, 0.25) is 5.95 Å². The highest BCUT2D eigenvalue weighted by Gasteiger charge is 1.99. The molecule has 1 heterocycles. The summed E-state index contributed by atoms with van der Waals surface area (Å²) in [4.78, 5) is 6.46. The molecule has 0 bridgehead atoms. The Morgan fingerprint density at radius 1 is 1.17 bits per heavy atom. The SMILES string of the molecule is CCCCCNc1cnnc(NCCN(C)C)n1. The zero-order valence-electron chi connectivity index (χ0n) is 11.6. The third kappa shape index (κ3) is 6.34. The van der Waals surface area contributed by atoms with Crippen LogP contribution in [0.25, 0.3) is 0 Å². The lowest BCUT2D eigenvalue weighted by Gasteiger charge is -2.10. The van der Waals surface area contributed by atoms with Crippen molar-refractivity contribution >= 4 is 11.8 Å². The molecule has 0 atom stereocenters. The Morgan fingerprint density at radius 3 is 2.72 bits per heavy atom. The Morgan fingerprint density at radius 2 is 2.00 bits per heavy atom. The van der Waals surface area contributed by atoms with Crippen molar-refractivity contribution in [3.05, 3.63) is 6.20 Å². The van der Waals surface area contributed by atoms with E-state index in [0.29, 0.717) is 5.95 Å². The number of nitrogens with zero attached hydrogens (tertiary/aromatic N) is 4. The second-order valence-corrected chi connectivity index (χ2v) is 4.53. The molecule has 0 unspecified atom stereocenters. The first-order valence-corrected chi connectivity index (χ1v) is 6.54. The highest BCUT2D eigenvalue weighted by Crippen LogP contribution is 2.04. The van der Waals surface area contributed by atoms with Crippen LogP contribution in [0.1, 0.15) is 26.2 Å². The number of nitrogens with one attached hydrogen (secondary N) is 2. The van der Waals surface area contributed by atoms with Gasteiger partial charge in [-0.2, -0.15) is 10.1 Å². The topological polar surface area (TPSA) is 66.0 Å². The lowest BCUT2D eigenvalue weighted by molar-refractivity contribution is 0.425. The summed E-state index contributed by atoms with van der Waals surface area (Å²) in [5, 5.41) is 14.3. The van der Waals surface area contributed by atoms with Crippen LogP contribution in [0.15, 0.2) is 6.20 Å². The molecular weight excluding hydrogens is 228 g/mol. The molecule has 0 saturated heterocycles. The maximum Gasteiger partial charge on any atom is 0.244 e. The summed E-state index contributed by atoms with van der Waals surface area (Å²) in [6, 6.07) is 0. The molecule has 1 aromatic heterocycles. The monoisotopic (exact) mass is 252 g/mol. The number of hydrogen-bond acceptors (Lipinski definition) is 6. The number of hydrogen-bond donors (Lipinski definition) is 2. The fourth-order valence-electron chi connectivity index (χ4n) is 1.45. The molecule has 1 rings (SSSR count). The highest BCUT2D eigenvalue weighted by atomic mass is 15.3. The van der Waals surface area contributed by atoms with Crippen LogP contribution in [0, 0.1) is 0 Å². The minimum atomic E-state index is 0.581. The van der Waals surface area contributed by atoms with Crippen LogP contribution < -0.4 is 10.6 Å². The van der Waals surface area contributed by atoms with Crippen molar-refractivity contribution in [2.24, 2.45) is 0 Å². The Labute approximate surface area is 109 Å². The van der Waals surface area contributed by atoms with Crippen molar-refractivity contribution in [1.82, 2.24) is 20.1 Å². The van der Waals surface area contributed by atoms with Gasteiger partial charge in [0.15, 0.2) is 0 Å². The molecule has 0 aliphatic rings. The second-order valence-electron chi connectivity index (χ2n) is 4.53. The molecule has 0 fully saturated rings. The average Bonchev–Trinajstić information content (AvgIpc) is 2.35. The van der Waals surface area contributed by atoms with E-state index in [-0.39, 0.29) is 0 Å². The first-order chi connectivity index (χ1) is 8.72. The summed E-state index contributed by atoms with van der Waals surface area (Å²) in [5.74, 6) is 1.37. The molecule has 18 heavy (non-hydrogen) atoms. The number of aromatic nitrogens is 3. The molecule has 6 heteroatoms. The predicted molar refractivity (Wildman–Crippen MR) is 74.9 cm³/mol. The van der Waals surface area contributed by atoms with Gasteiger partial charge in [-0.1, -0.05) is 19.8 Å². The van der Waals surface area contributed by atoms with Crippen molar-refractivity contribution in [3.8, 4) is 0 Å². The molecule has 0 aliphatic heterocycles. The minimum Gasteiger partial charge on any atom is -0.369 e. The number of likely N-dealkylation sites (N-methyl/N-ethyl adjacent to an activating group) is 1. The van der Waals surface area contributed by atoms with Gasteiger partial charge in [-0.05, 0) is 20.5 Å². The van der Waals surface area contributed by atoms with E-state index >= 15 is 0 Å². The quantitative estimate of drug-likeness (QED) is 0.648. The lowest BCUT2D eigenvalue weighted by Crippen LogP contribution is -2.21. The normalized spacial score (nSPS) is 10.7. The Bertz CT molecular complexity index is 328. The van der Waals surface area contributed by atoms with Crippen LogP contribution in [0.4, 0.5) is 11.8 Å². The summed E-state index contributed by atoms with van der Waals surface area (Å²) in [5.41, 5.74) is 0. The van der Waals surface area contributed by atoms with E-state index < -0.39 is 0 Å². The van der Waals surface area contributed by atoms with E-state index in [1.54, 1.807) is 6.20 Å². The Kier molecular flexibility index (Phi) is 7.01. The van der Waals surface area contributed by atoms with Crippen LogP contribution in [0.5, 0.6) is 0 Å². The molecule has 0 amide bonds. The van der Waals surface area contributed by atoms with Gasteiger partial charge in [0.05, 0.1) is 6.20 Å². The average molecular weight is 252 g/mol. The molecule has 0 saturated carbocycles. The molecule has 0 spiro atoms. The minimum absolute atomic E-state index is 0.581. The van der Waals surface area contributed by atoms with Gasteiger partial charge in [0.1, 0.15) is 5.82 Å². The Balaban J connectivity index is 2.32. The largest absolute Gasteiger partial charge is 0.369 e. The summed E-state index contributed by atoms with van der Waals surface area (Å²) in [7, 11) is 4.07. The van der Waals surface area contributed by atoms with Gasteiger partial charge in [0, 0.05) is 19.6 Å². The number of anilines is 2. The zero-order valence-corrected chi connectivity index (χ0v) is 11.6. The fraction of sp³-hybridized carbons (Fsp3) is 0.750.